The van der Waals surface area contributed by atoms with Gasteiger partial charge in [0.05, 0.1) is 5.02 Å². The molecule has 2 atom stereocenters. The maximum Gasteiger partial charge on any atom is 0.144 e. The molecule has 0 spiro atoms. The van der Waals surface area contributed by atoms with Crippen LogP contribution >= 0.6 is 27.5 Å². The van der Waals surface area contributed by atoms with E-state index in [4.69, 9.17) is 17.3 Å². The van der Waals surface area contributed by atoms with Gasteiger partial charge in [0, 0.05) is 23.3 Å². The highest BCUT2D eigenvalue weighted by molar-refractivity contribution is 9.10. The van der Waals surface area contributed by atoms with Crippen molar-refractivity contribution >= 4 is 33.3 Å². The molecule has 1 aliphatic rings. The summed E-state index contributed by atoms with van der Waals surface area (Å²) in [7, 11) is 0. The average Bonchev–Trinajstić information content (AvgIpc) is 2.63. The zero-order valence-electron chi connectivity index (χ0n) is 8.92. The predicted octanol–water partition coefficient (Wildman–Crippen LogP) is 3.04. The molecule has 16 heavy (non-hydrogen) atoms. The van der Waals surface area contributed by atoms with Gasteiger partial charge in [-0.25, -0.2) is 4.98 Å². The molecular formula is C11H15BrClN3. The molecule has 1 aliphatic carbocycles. The van der Waals surface area contributed by atoms with Crippen molar-refractivity contribution in [1.82, 2.24) is 4.98 Å². The van der Waals surface area contributed by atoms with Crippen molar-refractivity contribution in [2.24, 2.45) is 11.7 Å². The van der Waals surface area contributed by atoms with Gasteiger partial charge in [-0.2, -0.15) is 0 Å². The number of nitrogens with two attached hydrogens (primary N) is 1. The Balaban J connectivity index is 1.89. The highest BCUT2D eigenvalue weighted by Crippen LogP contribution is 2.26. The number of anilines is 1. The average molecular weight is 305 g/mol. The Hall–Kier alpha value is -0.320. The molecule has 0 aliphatic heterocycles. The lowest BCUT2D eigenvalue weighted by Gasteiger charge is -2.12. The van der Waals surface area contributed by atoms with Gasteiger partial charge in [0.2, 0.25) is 0 Å². The Labute approximate surface area is 109 Å². The minimum Gasteiger partial charge on any atom is -0.369 e. The Bertz CT molecular complexity index is 372. The molecule has 3 N–H and O–H groups in total. The molecule has 2 rings (SSSR count). The van der Waals surface area contributed by atoms with E-state index in [1.165, 1.54) is 6.42 Å². The minimum absolute atomic E-state index is 0.375. The van der Waals surface area contributed by atoms with Gasteiger partial charge in [-0.3, -0.25) is 0 Å². The van der Waals surface area contributed by atoms with Gasteiger partial charge >= 0.3 is 0 Å². The molecule has 1 aromatic rings. The van der Waals surface area contributed by atoms with Crippen LogP contribution in [0.5, 0.6) is 0 Å². The fourth-order valence-electron chi connectivity index (χ4n) is 2.08. The van der Waals surface area contributed by atoms with Gasteiger partial charge in [0.25, 0.3) is 0 Å². The smallest absolute Gasteiger partial charge is 0.144 e. The molecule has 2 unspecified atom stereocenters. The van der Waals surface area contributed by atoms with E-state index in [1.54, 1.807) is 6.20 Å². The Morgan fingerprint density at radius 2 is 2.38 bits per heavy atom. The monoisotopic (exact) mass is 303 g/mol. The molecule has 88 valence electrons. The van der Waals surface area contributed by atoms with Crippen molar-refractivity contribution in [2.75, 3.05) is 11.9 Å². The normalized spacial score (nSPS) is 24.7. The molecule has 0 bridgehead atoms. The molecular weight excluding hydrogens is 289 g/mol. The first-order valence-corrected chi connectivity index (χ1v) is 6.62. The zero-order chi connectivity index (χ0) is 11.5. The number of nitrogens with zero attached hydrogens (tertiary/aromatic N) is 1. The van der Waals surface area contributed by atoms with E-state index in [-0.39, 0.29) is 0 Å². The highest BCUT2D eigenvalue weighted by atomic mass is 79.9. The molecule has 1 saturated carbocycles. The van der Waals surface area contributed by atoms with E-state index in [0.717, 1.165) is 29.7 Å². The first-order valence-electron chi connectivity index (χ1n) is 5.45. The largest absolute Gasteiger partial charge is 0.369 e. The Kier molecular flexibility index (Phi) is 4.05. The van der Waals surface area contributed by atoms with Gasteiger partial charge in [-0.15, -0.1) is 0 Å². The summed E-state index contributed by atoms with van der Waals surface area (Å²) in [6, 6.07) is 2.22. The van der Waals surface area contributed by atoms with E-state index >= 15 is 0 Å². The molecule has 1 heterocycles. The summed E-state index contributed by atoms with van der Waals surface area (Å²) in [5, 5.41) is 3.93. The summed E-state index contributed by atoms with van der Waals surface area (Å²) in [5.41, 5.74) is 5.87. The van der Waals surface area contributed by atoms with Crippen LogP contribution in [0.1, 0.15) is 19.3 Å². The third-order valence-electron chi connectivity index (χ3n) is 2.95. The van der Waals surface area contributed by atoms with Crippen LogP contribution in [0.3, 0.4) is 0 Å². The molecule has 0 amide bonds. The SMILES string of the molecule is NC1CCC(CNc2ncc(Br)cc2Cl)C1. The second-order valence-corrected chi connectivity index (χ2v) is 5.63. The predicted molar refractivity (Wildman–Crippen MR) is 70.8 cm³/mol. The quantitative estimate of drug-likeness (QED) is 0.902. The van der Waals surface area contributed by atoms with E-state index in [0.29, 0.717) is 17.0 Å². The molecule has 0 saturated heterocycles. The molecule has 0 radical (unpaired) electrons. The summed E-state index contributed by atoms with van der Waals surface area (Å²) in [6.07, 6.45) is 5.17. The summed E-state index contributed by atoms with van der Waals surface area (Å²) in [4.78, 5) is 4.24. The summed E-state index contributed by atoms with van der Waals surface area (Å²) >= 11 is 9.39. The molecule has 1 fully saturated rings. The highest BCUT2D eigenvalue weighted by Gasteiger charge is 2.21. The van der Waals surface area contributed by atoms with Crippen LogP contribution in [-0.4, -0.2) is 17.6 Å². The molecule has 1 aromatic heterocycles. The van der Waals surface area contributed by atoms with Gasteiger partial charge < -0.3 is 11.1 Å². The van der Waals surface area contributed by atoms with Crippen LogP contribution in [0.15, 0.2) is 16.7 Å². The number of hydrogen-bond acceptors (Lipinski definition) is 3. The topological polar surface area (TPSA) is 50.9 Å². The summed E-state index contributed by atoms with van der Waals surface area (Å²) < 4.78 is 0.894. The molecule has 0 aromatic carbocycles. The number of nitrogens with one attached hydrogen (secondary N) is 1. The van der Waals surface area contributed by atoms with Crippen molar-refractivity contribution in [3.8, 4) is 0 Å². The molecule has 5 heteroatoms. The maximum absolute atomic E-state index is 6.06. The number of hydrogen-bond donors (Lipinski definition) is 2. The number of aromatic nitrogens is 1. The lowest BCUT2D eigenvalue weighted by atomic mass is 10.1. The van der Waals surface area contributed by atoms with E-state index in [9.17, 15) is 0 Å². The lowest BCUT2D eigenvalue weighted by Crippen LogP contribution is -2.18. The van der Waals surface area contributed by atoms with Gasteiger partial charge in [-0.05, 0) is 47.2 Å². The minimum atomic E-state index is 0.375. The van der Waals surface area contributed by atoms with Crippen LogP contribution in [0.4, 0.5) is 5.82 Å². The maximum atomic E-state index is 6.06. The first kappa shape index (κ1) is 12.1. The van der Waals surface area contributed by atoms with Crippen molar-refractivity contribution in [3.63, 3.8) is 0 Å². The van der Waals surface area contributed by atoms with Crippen molar-refractivity contribution in [1.29, 1.82) is 0 Å². The zero-order valence-corrected chi connectivity index (χ0v) is 11.3. The van der Waals surface area contributed by atoms with Crippen LogP contribution in [0.25, 0.3) is 0 Å². The second-order valence-electron chi connectivity index (χ2n) is 4.30. The number of rotatable bonds is 3. The van der Waals surface area contributed by atoms with Crippen molar-refractivity contribution in [2.45, 2.75) is 25.3 Å². The van der Waals surface area contributed by atoms with Crippen LogP contribution < -0.4 is 11.1 Å². The van der Waals surface area contributed by atoms with Gasteiger partial charge in [-0.1, -0.05) is 11.6 Å². The second kappa shape index (κ2) is 5.34. The Morgan fingerprint density at radius 3 is 3.00 bits per heavy atom. The van der Waals surface area contributed by atoms with E-state index < -0.39 is 0 Å². The standard InChI is InChI=1S/C11H15BrClN3/c12-8-4-10(13)11(16-6-8)15-5-7-1-2-9(14)3-7/h4,6-7,9H,1-3,5,14H2,(H,15,16). The third-order valence-corrected chi connectivity index (χ3v) is 3.67. The van der Waals surface area contributed by atoms with E-state index in [1.807, 2.05) is 6.07 Å². The number of halogens is 2. The molecule has 3 nitrogen and oxygen atoms in total. The lowest BCUT2D eigenvalue weighted by molar-refractivity contribution is 0.565. The fraction of sp³-hybridized carbons (Fsp3) is 0.545. The first-order chi connectivity index (χ1) is 7.65. The van der Waals surface area contributed by atoms with Crippen LogP contribution in [0.2, 0.25) is 5.02 Å². The Morgan fingerprint density at radius 1 is 1.56 bits per heavy atom. The fourth-order valence-corrected chi connectivity index (χ4v) is 2.78. The van der Waals surface area contributed by atoms with Gasteiger partial charge in [0.1, 0.15) is 5.82 Å². The van der Waals surface area contributed by atoms with Crippen LogP contribution in [0, 0.1) is 5.92 Å². The summed E-state index contributed by atoms with van der Waals surface area (Å²) in [6.45, 7) is 0.905. The third kappa shape index (κ3) is 3.09. The van der Waals surface area contributed by atoms with Crippen molar-refractivity contribution < 1.29 is 0 Å². The summed E-state index contributed by atoms with van der Waals surface area (Å²) in [5.74, 6) is 1.40. The van der Waals surface area contributed by atoms with E-state index in [2.05, 4.69) is 26.2 Å². The number of pyridine rings is 1. The van der Waals surface area contributed by atoms with Crippen molar-refractivity contribution in [3.05, 3.63) is 21.8 Å². The van der Waals surface area contributed by atoms with Gasteiger partial charge in [0.15, 0.2) is 0 Å². The van der Waals surface area contributed by atoms with Crippen LogP contribution in [-0.2, 0) is 0 Å².